The highest BCUT2D eigenvalue weighted by molar-refractivity contribution is 9.10. The summed E-state index contributed by atoms with van der Waals surface area (Å²) in [6, 6.07) is 2.29. The summed E-state index contributed by atoms with van der Waals surface area (Å²) >= 11 is 8.89. The minimum absolute atomic E-state index is 0.00869. The number of nitrogens with zero attached hydrogens (tertiary/aromatic N) is 3. The number of nitrogens with two attached hydrogens (primary N) is 1. The molecule has 0 aliphatic carbocycles. The van der Waals surface area contributed by atoms with Gasteiger partial charge in [-0.3, -0.25) is 14.9 Å². The van der Waals surface area contributed by atoms with E-state index in [1.807, 2.05) is 0 Å². The Morgan fingerprint density at radius 1 is 1.38 bits per heavy atom. The van der Waals surface area contributed by atoms with Gasteiger partial charge < -0.3 is 11.1 Å². The topological polar surface area (TPSA) is 124 Å². The van der Waals surface area contributed by atoms with Crippen LogP contribution in [-0.2, 0) is 0 Å². The first kappa shape index (κ1) is 15.1. The highest BCUT2D eigenvalue weighted by Gasteiger charge is 2.19. The zero-order valence-corrected chi connectivity index (χ0v) is 12.6. The van der Waals surface area contributed by atoms with E-state index in [1.54, 1.807) is 0 Å². The first-order valence-corrected chi connectivity index (χ1v) is 6.58. The molecule has 8 nitrogen and oxygen atoms in total. The van der Waals surface area contributed by atoms with Gasteiger partial charge in [0.25, 0.3) is 11.6 Å². The molecule has 1 aromatic carbocycles. The van der Waals surface area contributed by atoms with E-state index in [1.165, 1.54) is 18.5 Å². The van der Waals surface area contributed by atoms with E-state index in [0.717, 1.165) is 6.07 Å². The first-order chi connectivity index (χ1) is 9.88. The number of nitrogen functional groups attached to an aromatic ring is 1. The summed E-state index contributed by atoms with van der Waals surface area (Å²) in [5.41, 5.74) is 4.85. The van der Waals surface area contributed by atoms with E-state index in [4.69, 9.17) is 17.3 Å². The van der Waals surface area contributed by atoms with Gasteiger partial charge >= 0.3 is 0 Å². The number of aromatic nitrogens is 2. The third-order valence-electron chi connectivity index (χ3n) is 2.43. The SMILES string of the molecule is Nc1c(Cl)cc(C(=O)Nc2cnc(Br)cn2)cc1[N+](=O)[O-]. The minimum atomic E-state index is -0.711. The number of amides is 1. The molecule has 0 atom stereocenters. The van der Waals surface area contributed by atoms with Gasteiger partial charge in [0.1, 0.15) is 10.3 Å². The molecule has 0 aliphatic heterocycles. The van der Waals surface area contributed by atoms with Crippen LogP contribution in [0.5, 0.6) is 0 Å². The maximum absolute atomic E-state index is 12.0. The Labute approximate surface area is 131 Å². The molecular formula is C11H7BrClN5O3. The molecule has 1 amide bonds. The fourth-order valence-corrected chi connectivity index (χ4v) is 1.87. The number of nitro benzene ring substituents is 1. The summed E-state index contributed by atoms with van der Waals surface area (Å²) in [7, 11) is 0. The fourth-order valence-electron chi connectivity index (χ4n) is 1.45. The van der Waals surface area contributed by atoms with Gasteiger partial charge in [-0.1, -0.05) is 11.6 Å². The Balaban J connectivity index is 2.31. The molecule has 0 saturated carbocycles. The maximum atomic E-state index is 12.0. The number of benzene rings is 1. The van der Waals surface area contributed by atoms with Gasteiger partial charge in [0.2, 0.25) is 0 Å². The largest absolute Gasteiger partial charge is 0.392 e. The molecule has 21 heavy (non-hydrogen) atoms. The molecule has 2 rings (SSSR count). The molecule has 2 aromatic rings. The normalized spacial score (nSPS) is 10.2. The molecule has 10 heteroatoms. The molecule has 108 valence electrons. The number of halogens is 2. The van der Waals surface area contributed by atoms with Crippen molar-refractivity contribution in [2.24, 2.45) is 0 Å². The number of hydrogen-bond acceptors (Lipinski definition) is 6. The van der Waals surface area contributed by atoms with Gasteiger partial charge in [-0.15, -0.1) is 0 Å². The second-order valence-electron chi connectivity index (χ2n) is 3.83. The Morgan fingerprint density at radius 3 is 2.67 bits per heavy atom. The molecule has 0 fully saturated rings. The summed E-state index contributed by atoms with van der Waals surface area (Å²) in [5.74, 6) is -0.421. The maximum Gasteiger partial charge on any atom is 0.294 e. The second-order valence-corrected chi connectivity index (χ2v) is 5.05. The summed E-state index contributed by atoms with van der Waals surface area (Å²) in [5, 5.41) is 13.2. The van der Waals surface area contributed by atoms with Crippen LogP contribution < -0.4 is 11.1 Å². The number of rotatable bonds is 3. The van der Waals surface area contributed by atoms with Crippen LogP contribution in [0.3, 0.4) is 0 Å². The van der Waals surface area contributed by atoms with E-state index in [9.17, 15) is 14.9 Å². The van der Waals surface area contributed by atoms with Crippen LogP contribution >= 0.6 is 27.5 Å². The Bertz CT molecular complexity index is 723. The Morgan fingerprint density at radius 2 is 2.10 bits per heavy atom. The molecule has 0 bridgehead atoms. The van der Waals surface area contributed by atoms with Crippen molar-refractivity contribution >= 4 is 50.6 Å². The number of hydrogen-bond donors (Lipinski definition) is 2. The molecular weight excluding hydrogens is 366 g/mol. The van der Waals surface area contributed by atoms with Crippen molar-refractivity contribution in [3.63, 3.8) is 0 Å². The van der Waals surface area contributed by atoms with Crippen molar-refractivity contribution in [1.82, 2.24) is 9.97 Å². The third kappa shape index (κ3) is 3.44. The highest BCUT2D eigenvalue weighted by Crippen LogP contribution is 2.31. The fraction of sp³-hybridized carbons (Fsp3) is 0. The minimum Gasteiger partial charge on any atom is -0.392 e. The first-order valence-electron chi connectivity index (χ1n) is 5.41. The van der Waals surface area contributed by atoms with Crippen LogP contribution in [0.15, 0.2) is 29.1 Å². The molecule has 0 radical (unpaired) electrons. The molecule has 0 saturated heterocycles. The third-order valence-corrected chi connectivity index (χ3v) is 3.15. The smallest absolute Gasteiger partial charge is 0.294 e. The molecule has 1 aromatic heterocycles. The van der Waals surface area contributed by atoms with Crippen LogP contribution in [0.2, 0.25) is 5.02 Å². The molecule has 0 spiro atoms. The monoisotopic (exact) mass is 371 g/mol. The quantitative estimate of drug-likeness (QED) is 0.485. The summed E-state index contributed by atoms with van der Waals surface area (Å²) < 4.78 is 0.506. The highest BCUT2D eigenvalue weighted by atomic mass is 79.9. The van der Waals surface area contributed by atoms with Gasteiger partial charge in [0.05, 0.1) is 22.3 Å². The van der Waals surface area contributed by atoms with Gasteiger partial charge in [-0.25, -0.2) is 9.97 Å². The molecule has 3 N–H and O–H groups in total. The predicted molar refractivity (Wildman–Crippen MR) is 80.2 cm³/mol. The standard InChI is InChI=1S/C11H7BrClN5O3/c12-8-3-16-9(4-15-8)17-11(19)5-1-6(13)10(14)7(2-5)18(20)21/h1-4H,14H2,(H,16,17,19). The van der Waals surface area contributed by atoms with Gasteiger partial charge in [0.15, 0.2) is 5.82 Å². The van der Waals surface area contributed by atoms with Crippen molar-refractivity contribution in [2.75, 3.05) is 11.1 Å². The van der Waals surface area contributed by atoms with Crippen LogP contribution in [0.1, 0.15) is 10.4 Å². The van der Waals surface area contributed by atoms with E-state index < -0.39 is 16.5 Å². The van der Waals surface area contributed by atoms with Gasteiger partial charge in [-0.2, -0.15) is 0 Å². The van der Waals surface area contributed by atoms with Crippen molar-refractivity contribution in [2.45, 2.75) is 0 Å². The zero-order chi connectivity index (χ0) is 15.6. The molecule has 0 unspecified atom stereocenters. The Hall–Kier alpha value is -2.26. The van der Waals surface area contributed by atoms with Crippen molar-refractivity contribution < 1.29 is 9.72 Å². The summed E-state index contributed by atoms with van der Waals surface area (Å²) in [6.07, 6.45) is 2.73. The van der Waals surface area contributed by atoms with Crippen molar-refractivity contribution in [1.29, 1.82) is 0 Å². The van der Waals surface area contributed by atoms with Gasteiger partial charge in [-0.05, 0) is 22.0 Å². The van der Waals surface area contributed by atoms with E-state index in [-0.39, 0.29) is 22.1 Å². The number of nitrogens with one attached hydrogen (secondary N) is 1. The van der Waals surface area contributed by atoms with Crippen LogP contribution in [0.4, 0.5) is 17.2 Å². The number of carbonyl (C=O) groups is 1. The lowest BCUT2D eigenvalue weighted by Crippen LogP contribution is -2.14. The summed E-state index contributed by atoms with van der Waals surface area (Å²) in [6.45, 7) is 0. The zero-order valence-electron chi connectivity index (χ0n) is 10.2. The Kier molecular flexibility index (Phi) is 4.34. The average molecular weight is 373 g/mol. The second kappa shape index (κ2) is 6.02. The van der Waals surface area contributed by atoms with E-state index in [2.05, 4.69) is 31.2 Å². The van der Waals surface area contributed by atoms with Crippen LogP contribution in [0.25, 0.3) is 0 Å². The van der Waals surface area contributed by atoms with Crippen molar-refractivity contribution in [3.05, 3.63) is 49.8 Å². The average Bonchev–Trinajstić information content (AvgIpc) is 2.43. The predicted octanol–water partition coefficient (Wildman–Crippen LogP) is 2.64. The molecule has 1 heterocycles. The van der Waals surface area contributed by atoms with Crippen molar-refractivity contribution in [3.8, 4) is 0 Å². The lowest BCUT2D eigenvalue weighted by Gasteiger charge is -2.06. The molecule has 0 aliphatic rings. The van der Waals surface area contributed by atoms with Crippen LogP contribution in [-0.4, -0.2) is 20.8 Å². The number of carbonyl (C=O) groups excluding carboxylic acids is 1. The van der Waals surface area contributed by atoms with E-state index >= 15 is 0 Å². The lowest BCUT2D eigenvalue weighted by atomic mass is 10.1. The lowest BCUT2D eigenvalue weighted by molar-refractivity contribution is -0.383. The van der Waals surface area contributed by atoms with E-state index in [0.29, 0.717) is 4.60 Å². The van der Waals surface area contributed by atoms with Crippen LogP contribution in [0, 0.1) is 10.1 Å². The number of anilines is 2. The number of nitro groups is 1. The van der Waals surface area contributed by atoms with Gasteiger partial charge in [0, 0.05) is 11.6 Å². The summed E-state index contributed by atoms with van der Waals surface area (Å²) in [4.78, 5) is 30.0.